The minimum absolute atomic E-state index is 0.171. The number of alkyl carbamates (subject to hydrolysis) is 1. The van der Waals surface area contributed by atoms with Crippen LogP contribution in [-0.2, 0) is 11.3 Å². The molecule has 2 N–H and O–H groups in total. The van der Waals surface area contributed by atoms with Gasteiger partial charge in [-0.25, -0.2) is 4.79 Å². The Hall–Kier alpha value is -2.47. The largest absolute Gasteiger partial charge is 0.444 e. The third kappa shape index (κ3) is 6.44. The molecule has 6 heteroatoms. The van der Waals surface area contributed by atoms with Crippen LogP contribution >= 0.6 is 11.8 Å². The van der Waals surface area contributed by atoms with Crippen molar-refractivity contribution in [1.82, 2.24) is 5.32 Å². The number of amides is 2. The van der Waals surface area contributed by atoms with Crippen LogP contribution in [0.15, 0.2) is 53.4 Å². The molecule has 0 heterocycles. The van der Waals surface area contributed by atoms with E-state index in [-0.39, 0.29) is 5.91 Å². The number of benzene rings is 2. The topological polar surface area (TPSA) is 67.4 Å². The van der Waals surface area contributed by atoms with E-state index in [1.165, 1.54) is 0 Å². The van der Waals surface area contributed by atoms with Gasteiger partial charge in [-0.15, -0.1) is 11.8 Å². The van der Waals surface area contributed by atoms with Gasteiger partial charge in [-0.05, 0) is 62.9 Å². The van der Waals surface area contributed by atoms with Crippen molar-refractivity contribution < 1.29 is 14.3 Å². The normalized spacial score (nSPS) is 10.9. The van der Waals surface area contributed by atoms with Gasteiger partial charge in [-0.2, -0.15) is 0 Å². The first-order valence-corrected chi connectivity index (χ1v) is 9.50. The highest BCUT2D eigenvalue weighted by molar-refractivity contribution is 7.98. The number of rotatable bonds is 5. The van der Waals surface area contributed by atoms with Crippen LogP contribution in [0.2, 0.25) is 0 Å². The van der Waals surface area contributed by atoms with Gasteiger partial charge in [0.05, 0.1) is 0 Å². The molecule has 0 fully saturated rings. The number of hydrogen-bond donors (Lipinski definition) is 2. The maximum Gasteiger partial charge on any atom is 0.407 e. The minimum Gasteiger partial charge on any atom is -0.444 e. The van der Waals surface area contributed by atoms with Crippen LogP contribution in [0.5, 0.6) is 0 Å². The number of ether oxygens (including phenoxy) is 1. The molecule has 2 aromatic carbocycles. The summed E-state index contributed by atoms with van der Waals surface area (Å²) in [6.45, 7) is 5.78. The van der Waals surface area contributed by atoms with Crippen molar-refractivity contribution in [3.63, 3.8) is 0 Å². The summed E-state index contributed by atoms with van der Waals surface area (Å²) in [5.41, 5.74) is 1.68. The first kappa shape index (κ1) is 19.8. The van der Waals surface area contributed by atoms with Gasteiger partial charge in [0.25, 0.3) is 5.91 Å². The fraction of sp³-hybridized carbons (Fsp3) is 0.300. The Bertz CT molecular complexity index is 767. The molecule has 0 saturated carbocycles. The predicted octanol–water partition coefficient (Wildman–Crippen LogP) is 4.69. The molecule has 0 aliphatic rings. The molecule has 2 amide bonds. The second-order valence-electron chi connectivity index (χ2n) is 6.74. The lowest BCUT2D eigenvalue weighted by molar-refractivity contribution is 0.0523. The van der Waals surface area contributed by atoms with Crippen molar-refractivity contribution in [3.05, 3.63) is 59.7 Å². The zero-order chi connectivity index (χ0) is 19.2. The van der Waals surface area contributed by atoms with Gasteiger partial charge in [0.1, 0.15) is 5.60 Å². The third-order valence-electron chi connectivity index (χ3n) is 3.38. The Morgan fingerprint density at radius 3 is 2.38 bits per heavy atom. The van der Waals surface area contributed by atoms with E-state index in [2.05, 4.69) is 10.6 Å². The zero-order valence-corrected chi connectivity index (χ0v) is 16.3. The quantitative estimate of drug-likeness (QED) is 0.748. The standard InChI is InChI=1S/C20H24N2O3S/c1-20(2,3)25-19(24)21-13-14-8-10-15(11-9-14)18(23)22-16-6-5-7-17(12-16)26-4/h5-12H,13H2,1-4H3,(H,21,24)(H,22,23). The van der Waals surface area contributed by atoms with E-state index in [0.29, 0.717) is 12.1 Å². The molecular formula is C20H24N2O3S. The van der Waals surface area contributed by atoms with E-state index in [4.69, 9.17) is 4.74 Å². The molecule has 0 bridgehead atoms. The molecule has 0 saturated heterocycles. The number of nitrogens with one attached hydrogen (secondary N) is 2. The molecular weight excluding hydrogens is 348 g/mol. The van der Waals surface area contributed by atoms with Gasteiger partial charge in [-0.1, -0.05) is 18.2 Å². The van der Waals surface area contributed by atoms with Crippen LogP contribution in [0.3, 0.4) is 0 Å². The summed E-state index contributed by atoms with van der Waals surface area (Å²) in [6.07, 6.45) is 1.53. The Labute approximate surface area is 158 Å². The number of hydrogen-bond acceptors (Lipinski definition) is 4. The molecule has 0 aromatic heterocycles. The maximum absolute atomic E-state index is 12.3. The van der Waals surface area contributed by atoms with Crippen LogP contribution in [0, 0.1) is 0 Å². The van der Waals surface area contributed by atoms with Gasteiger partial charge in [0.15, 0.2) is 0 Å². The Morgan fingerprint density at radius 2 is 1.77 bits per heavy atom. The number of carbonyl (C=O) groups is 2. The van der Waals surface area contributed by atoms with Crippen LogP contribution in [0.1, 0.15) is 36.7 Å². The fourth-order valence-corrected chi connectivity index (χ4v) is 2.63. The molecule has 0 unspecified atom stereocenters. The molecule has 0 atom stereocenters. The van der Waals surface area contributed by atoms with Crippen molar-refractivity contribution in [2.45, 2.75) is 37.8 Å². The monoisotopic (exact) mass is 372 g/mol. The van der Waals surface area contributed by atoms with Gasteiger partial charge in [-0.3, -0.25) is 4.79 Å². The highest BCUT2D eigenvalue weighted by atomic mass is 32.2. The maximum atomic E-state index is 12.3. The highest BCUT2D eigenvalue weighted by Crippen LogP contribution is 2.19. The average molecular weight is 372 g/mol. The van der Waals surface area contributed by atoms with Crippen molar-refractivity contribution in [2.75, 3.05) is 11.6 Å². The van der Waals surface area contributed by atoms with E-state index in [1.807, 2.05) is 63.4 Å². The second kappa shape index (κ2) is 8.76. The fourth-order valence-electron chi connectivity index (χ4n) is 2.17. The lowest BCUT2D eigenvalue weighted by atomic mass is 10.1. The first-order valence-electron chi connectivity index (χ1n) is 8.28. The van der Waals surface area contributed by atoms with Crippen LogP contribution < -0.4 is 10.6 Å². The SMILES string of the molecule is CSc1cccc(NC(=O)c2ccc(CNC(=O)OC(C)(C)C)cc2)c1. The van der Waals surface area contributed by atoms with Gasteiger partial charge >= 0.3 is 6.09 Å². The van der Waals surface area contributed by atoms with Gasteiger partial charge < -0.3 is 15.4 Å². The second-order valence-corrected chi connectivity index (χ2v) is 7.62. The van der Waals surface area contributed by atoms with Crippen molar-refractivity contribution in [2.24, 2.45) is 0 Å². The summed E-state index contributed by atoms with van der Waals surface area (Å²) < 4.78 is 5.19. The summed E-state index contributed by atoms with van der Waals surface area (Å²) >= 11 is 1.62. The molecule has 26 heavy (non-hydrogen) atoms. The molecule has 0 aliphatic heterocycles. The summed E-state index contributed by atoms with van der Waals surface area (Å²) in [7, 11) is 0. The Kier molecular flexibility index (Phi) is 6.69. The first-order chi connectivity index (χ1) is 12.3. The van der Waals surface area contributed by atoms with Gasteiger partial charge in [0, 0.05) is 22.7 Å². The molecule has 0 radical (unpaired) electrons. The van der Waals surface area contributed by atoms with E-state index >= 15 is 0 Å². The Morgan fingerprint density at radius 1 is 1.08 bits per heavy atom. The van der Waals surface area contributed by atoms with Crippen LogP contribution in [-0.4, -0.2) is 23.9 Å². The van der Waals surface area contributed by atoms with E-state index < -0.39 is 11.7 Å². The number of carbonyl (C=O) groups excluding carboxylic acids is 2. The van der Waals surface area contributed by atoms with E-state index in [9.17, 15) is 9.59 Å². The lowest BCUT2D eigenvalue weighted by Gasteiger charge is -2.19. The molecule has 5 nitrogen and oxygen atoms in total. The van der Waals surface area contributed by atoms with Crippen molar-refractivity contribution in [1.29, 1.82) is 0 Å². The third-order valence-corrected chi connectivity index (χ3v) is 4.10. The van der Waals surface area contributed by atoms with Crippen molar-refractivity contribution >= 4 is 29.4 Å². The Balaban J connectivity index is 1.91. The molecule has 0 spiro atoms. The molecule has 138 valence electrons. The average Bonchev–Trinajstić information content (AvgIpc) is 2.59. The summed E-state index contributed by atoms with van der Waals surface area (Å²) in [5, 5.41) is 5.58. The number of thioether (sulfide) groups is 1. The summed E-state index contributed by atoms with van der Waals surface area (Å²) in [6, 6.07) is 14.8. The summed E-state index contributed by atoms with van der Waals surface area (Å²) in [5.74, 6) is -0.171. The van der Waals surface area contributed by atoms with Gasteiger partial charge in [0.2, 0.25) is 0 Å². The van der Waals surface area contributed by atoms with E-state index in [1.54, 1.807) is 23.9 Å². The molecule has 2 aromatic rings. The highest BCUT2D eigenvalue weighted by Gasteiger charge is 2.15. The molecule has 2 rings (SSSR count). The lowest BCUT2D eigenvalue weighted by Crippen LogP contribution is -2.32. The van der Waals surface area contributed by atoms with E-state index in [0.717, 1.165) is 16.1 Å². The summed E-state index contributed by atoms with van der Waals surface area (Å²) in [4.78, 5) is 25.1. The zero-order valence-electron chi connectivity index (χ0n) is 15.5. The molecule has 0 aliphatic carbocycles. The number of anilines is 1. The van der Waals surface area contributed by atoms with Crippen LogP contribution in [0.4, 0.5) is 10.5 Å². The smallest absolute Gasteiger partial charge is 0.407 e. The minimum atomic E-state index is -0.528. The van der Waals surface area contributed by atoms with Crippen LogP contribution in [0.25, 0.3) is 0 Å². The predicted molar refractivity (Wildman–Crippen MR) is 106 cm³/mol. The van der Waals surface area contributed by atoms with Crippen molar-refractivity contribution in [3.8, 4) is 0 Å².